The van der Waals surface area contributed by atoms with Crippen LogP contribution in [0, 0.1) is 0 Å². The number of carbonyl (C=O) groups excluding carboxylic acids is 1. The second-order valence-corrected chi connectivity index (χ2v) is 4.41. The number of anilines is 1. The van der Waals surface area contributed by atoms with Crippen molar-refractivity contribution in [1.82, 2.24) is 4.90 Å². The predicted molar refractivity (Wildman–Crippen MR) is 70.8 cm³/mol. The lowest BCUT2D eigenvalue weighted by Crippen LogP contribution is -2.25. The normalized spacial score (nSPS) is 15.6. The lowest BCUT2D eigenvalue weighted by atomic mass is 10.3. The Balaban J connectivity index is 1.73. The molecule has 1 aromatic carbocycles. The van der Waals surface area contributed by atoms with Crippen molar-refractivity contribution in [3.63, 3.8) is 0 Å². The summed E-state index contributed by atoms with van der Waals surface area (Å²) in [4.78, 5) is 13.1. The molecule has 0 unspecified atom stereocenters. The molecule has 1 aliphatic heterocycles. The molecule has 0 spiro atoms. The molecule has 5 nitrogen and oxygen atoms in total. The Morgan fingerprint density at radius 3 is 2.56 bits per heavy atom. The van der Waals surface area contributed by atoms with Crippen molar-refractivity contribution in [2.45, 2.75) is 12.8 Å². The number of rotatable bonds is 5. The minimum atomic E-state index is -0.558. The number of nitrogens with two attached hydrogens (primary N) is 1. The Morgan fingerprint density at radius 2 is 1.94 bits per heavy atom. The summed E-state index contributed by atoms with van der Waals surface area (Å²) >= 11 is 0. The zero-order chi connectivity index (χ0) is 12.8. The largest absolute Gasteiger partial charge is 0.492 e. The Morgan fingerprint density at radius 1 is 1.28 bits per heavy atom. The number of urea groups is 1. The molecular formula is C13H19N3O2. The first-order valence-electron chi connectivity index (χ1n) is 6.26. The number of nitrogens with one attached hydrogen (secondary N) is 1. The molecule has 0 atom stereocenters. The topological polar surface area (TPSA) is 67.6 Å². The third-order valence-corrected chi connectivity index (χ3v) is 3.00. The zero-order valence-corrected chi connectivity index (χ0v) is 10.4. The molecule has 18 heavy (non-hydrogen) atoms. The Hall–Kier alpha value is -1.75. The van der Waals surface area contributed by atoms with Crippen LogP contribution in [0.1, 0.15) is 12.8 Å². The van der Waals surface area contributed by atoms with Gasteiger partial charge in [-0.15, -0.1) is 0 Å². The van der Waals surface area contributed by atoms with Crippen molar-refractivity contribution in [2.75, 3.05) is 31.6 Å². The van der Waals surface area contributed by atoms with Crippen molar-refractivity contribution in [3.05, 3.63) is 24.3 Å². The van der Waals surface area contributed by atoms with Gasteiger partial charge >= 0.3 is 6.03 Å². The van der Waals surface area contributed by atoms with E-state index in [1.807, 2.05) is 12.1 Å². The number of ether oxygens (including phenoxy) is 1. The molecule has 1 aromatic rings. The van der Waals surface area contributed by atoms with E-state index in [-0.39, 0.29) is 0 Å². The number of primary amides is 1. The first-order valence-corrected chi connectivity index (χ1v) is 6.26. The van der Waals surface area contributed by atoms with E-state index in [0.29, 0.717) is 12.3 Å². The lowest BCUT2D eigenvalue weighted by molar-refractivity contribution is 0.238. The maximum atomic E-state index is 10.6. The van der Waals surface area contributed by atoms with Crippen LogP contribution in [0.15, 0.2) is 24.3 Å². The van der Waals surface area contributed by atoms with E-state index in [2.05, 4.69) is 10.2 Å². The van der Waals surface area contributed by atoms with Crippen LogP contribution >= 0.6 is 0 Å². The molecule has 1 heterocycles. The number of hydrogen-bond acceptors (Lipinski definition) is 3. The number of benzene rings is 1. The van der Waals surface area contributed by atoms with E-state index in [1.165, 1.54) is 25.9 Å². The van der Waals surface area contributed by atoms with Crippen LogP contribution in [0.4, 0.5) is 10.5 Å². The summed E-state index contributed by atoms with van der Waals surface area (Å²) in [6.45, 7) is 4.04. The minimum absolute atomic E-state index is 0.558. The first kappa shape index (κ1) is 12.7. The van der Waals surface area contributed by atoms with Crippen LogP contribution in [0.5, 0.6) is 5.75 Å². The minimum Gasteiger partial charge on any atom is -0.492 e. The maximum Gasteiger partial charge on any atom is 0.316 e. The van der Waals surface area contributed by atoms with Crippen LogP contribution in [0.2, 0.25) is 0 Å². The summed E-state index contributed by atoms with van der Waals surface area (Å²) in [6.07, 6.45) is 2.60. The standard InChI is InChI=1S/C13H19N3O2/c14-13(17)15-11-3-5-12(6-4-11)18-10-9-16-7-1-2-8-16/h3-6H,1-2,7-10H2,(H3,14,15,17). The van der Waals surface area contributed by atoms with E-state index in [4.69, 9.17) is 10.5 Å². The van der Waals surface area contributed by atoms with Crippen molar-refractivity contribution >= 4 is 11.7 Å². The third-order valence-electron chi connectivity index (χ3n) is 3.00. The van der Waals surface area contributed by atoms with Gasteiger partial charge in [0.25, 0.3) is 0 Å². The number of likely N-dealkylation sites (tertiary alicyclic amines) is 1. The van der Waals surface area contributed by atoms with Gasteiger partial charge in [-0.3, -0.25) is 4.90 Å². The molecule has 1 aliphatic rings. The Labute approximate surface area is 107 Å². The van der Waals surface area contributed by atoms with Gasteiger partial charge in [0.05, 0.1) is 0 Å². The second-order valence-electron chi connectivity index (χ2n) is 4.41. The molecule has 0 bridgehead atoms. The number of carbonyl (C=O) groups is 1. The summed E-state index contributed by atoms with van der Waals surface area (Å²) < 4.78 is 5.64. The van der Waals surface area contributed by atoms with Gasteiger partial charge in [0.15, 0.2) is 0 Å². The van der Waals surface area contributed by atoms with Crippen LogP contribution < -0.4 is 15.8 Å². The summed E-state index contributed by atoms with van der Waals surface area (Å²) in [5, 5.41) is 2.51. The van der Waals surface area contributed by atoms with Crippen LogP contribution in [-0.2, 0) is 0 Å². The molecule has 2 rings (SSSR count). The molecule has 1 saturated heterocycles. The highest BCUT2D eigenvalue weighted by molar-refractivity contribution is 5.87. The number of amides is 2. The zero-order valence-electron chi connectivity index (χ0n) is 10.4. The molecule has 0 saturated carbocycles. The van der Waals surface area contributed by atoms with Crippen molar-refractivity contribution in [3.8, 4) is 5.75 Å². The molecule has 2 amide bonds. The highest BCUT2D eigenvalue weighted by Gasteiger charge is 2.10. The Bertz CT molecular complexity index is 386. The van der Waals surface area contributed by atoms with Gasteiger partial charge in [-0.1, -0.05) is 0 Å². The van der Waals surface area contributed by atoms with Gasteiger partial charge in [-0.25, -0.2) is 4.79 Å². The summed E-state index contributed by atoms with van der Waals surface area (Å²) in [5.41, 5.74) is 5.70. The van der Waals surface area contributed by atoms with E-state index < -0.39 is 6.03 Å². The fourth-order valence-electron chi connectivity index (χ4n) is 2.08. The predicted octanol–water partition coefficient (Wildman–Crippen LogP) is 1.65. The summed E-state index contributed by atoms with van der Waals surface area (Å²) in [5.74, 6) is 0.809. The average Bonchev–Trinajstić information content (AvgIpc) is 2.84. The highest BCUT2D eigenvalue weighted by Crippen LogP contribution is 2.15. The summed E-state index contributed by atoms with van der Waals surface area (Å²) in [6, 6.07) is 6.65. The van der Waals surface area contributed by atoms with Crippen molar-refractivity contribution < 1.29 is 9.53 Å². The van der Waals surface area contributed by atoms with Gasteiger partial charge in [0, 0.05) is 12.2 Å². The number of nitrogens with zero attached hydrogens (tertiary/aromatic N) is 1. The second kappa shape index (κ2) is 6.26. The molecule has 0 aromatic heterocycles. The third kappa shape index (κ3) is 3.92. The summed E-state index contributed by atoms with van der Waals surface area (Å²) in [7, 11) is 0. The highest BCUT2D eigenvalue weighted by atomic mass is 16.5. The molecule has 1 fully saturated rings. The fourth-order valence-corrected chi connectivity index (χ4v) is 2.08. The monoisotopic (exact) mass is 249 g/mol. The van der Waals surface area contributed by atoms with Crippen LogP contribution in [-0.4, -0.2) is 37.2 Å². The lowest BCUT2D eigenvalue weighted by Gasteiger charge is -2.15. The van der Waals surface area contributed by atoms with E-state index in [9.17, 15) is 4.79 Å². The van der Waals surface area contributed by atoms with E-state index in [0.717, 1.165) is 12.3 Å². The molecule has 0 aliphatic carbocycles. The van der Waals surface area contributed by atoms with Gasteiger partial charge in [-0.05, 0) is 50.2 Å². The van der Waals surface area contributed by atoms with Crippen molar-refractivity contribution in [2.24, 2.45) is 5.73 Å². The van der Waals surface area contributed by atoms with Gasteiger partial charge < -0.3 is 15.8 Å². The number of hydrogen-bond donors (Lipinski definition) is 2. The molecular weight excluding hydrogens is 230 g/mol. The fraction of sp³-hybridized carbons (Fsp3) is 0.462. The van der Waals surface area contributed by atoms with E-state index in [1.54, 1.807) is 12.1 Å². The quantitative estimate of drug-likeness (QED) is 0.833. The first-order chi connectivity index (χ1) is 8.74. The smallest absolute Gasteiger partial charge is 0.316 e. The van der Waals surface area contributed by atoms with Gasteiger partial charge in [-0.2, -0.15) is 0 Å². The molecule has 5 heteroatoms. The molecule has 98 valence electrons. The molecule has 3 N–H and O–H groups in total. The molecule has 0 radical (unpaired) electrons. The SMILES string of the molecule is NC(=O)Nc1ccc(OCCN2CCCC2)cc1. The average molecular weight is 249 g/mol. The van der Waals surface area contributed by atoms with Gasteiger partial charge in [0.1, 0.15) is 12.4 Å². The van der Waals surface area contributed by atoms with Crippen LogP contribution in [0.3, 0.4) is 0 Å². The Kier molecular flexibility index (Phi) is 4.41. The van der Waals surface area contributed by atoms with Gasteiger partial charge in [0.2, 0.25) is 0 Å². The van der Waals surface area contributed by atoms with E-state index >= 15 is 0 Å². The maximum absolute atomic E-state index is 10.6. The van der Waals surface area contributed by atoms with Crippen molar-refractivity contribution in [1.29, 1.82) is 0 Å². The van der Waals surface area contributed by atoms with Crippen LogP contribution in [0.25, 0.3) is 0 Å².